The zero-order valence-corrected chi connectivity index (χ0v) is 11.7. The maximum absolute atomic E-state index is 5.07. The van der Waals surface area contributed by atoms with E-state index in [0.717, 1.165) is 32.3 Å². The predicted molar refractivity (Wildman–Crippen MR) is 72.5 cm³/mol. The van der Waals surface area contributed by atoms with Gasteiger partial charge < -0.3 is 19.9 Å². The van der Waals surface area contributed by atoms with Crippen LogP contribution in [0.1, 0.15) is 19.3 Å². The lowest BCUT2D eigenvalue weighted by molar-refractivity contribution is 0.161. The Morgan fingerprint density at radius 2 is 2.12 bits per heavy atom. The molecule has 0 aromatic carbocycles. The van der Waals surface area contributed by atoms with Crippen molar-refractivity contribution in [3.63, 3.8) is 0 Å². The average Bonchev–Trinajstić information content (AvgIpc) is 2.52. The highest BCUT2D eigenvalue weighted by atomic mass is 16.5. The third-order valence-corrected chi connectivity index (χ3v) is 3.56. The zero-order chi connectivity index (χ0) is 12.5. The number of likely N-dealkylation sites (N-methyl/N-ethyl adjacent to an activating group) is 1. The number of likely N-dealkylation sites (tertiary alicyclic amines) is 1. The summed E-state index contributed by atoms with van der Waals surface area (Å²) in [6.45, 7) is 6.53. The fourth-order valence-corrected chi connectivity index (χ4v) is 2.26. The molecule has 0 radical (unpaired) electrons. The molecule has 0 bridgehead atoms. The van der Waals surface area contributed by atoms with Crippen LogP contribution in [0.2, 0.25) is 0 Å². The molecule has 4 heteroatoms. The van der Waals surface area contributed by atoms with Crippen LogP contribution in [-0.4, -0.2) is 76.4 Å². The second-order valence-corrected chi connectivity index (χ2v) is 5.18. The summed E-state index contributed by atoms with van der Waals surface area (Å²) in [4.78, 5) is 4.76. The van der Waals surface area contributed by atoms with Gasteiger partial charge in [-0.05, 0) is 46.4 Å². The zero-order valence-electron chi connectivity index (χ0n) is 11.7. The Hall–Kier alpha value is -0.160. The van der Waals surface area contributed by atoms with E-state index in [0.29, 0.717) is 0 Å². The molecule has 0 saturated carbocycles. The Labute approximate surface area is 106 Å². The van der Waals surface area contributed by atoms with Gasteiger partial charge in [0.25, 0.3) is 0 Å². The number of rotatable bonds is 7. The molecule has 1 saturated heterocycles. The summed E-state index contributed by atoms with van der Waals surface area (Å²) >= 11 is 0. The van der Waals surface area contributed by atoms with E-state index in [4.69, 9.17) is 4.74 Å². The van der Waals surface area contributed by atoms with Gasteiger partial charge in [-0.3, -0.25) is 0 Å². The van der Waals surface area contributed by atoms with Crippen molar-refractivity contribution in [2.45, 2.75) is 25.3 Å². The molecule has 1 N–H and O–H groups in total. The summed E-state index contributed by atoms with van der Waals surface area (Å²) in [6, 6.07) is 0.718. The number of methoxy groups -OCH3 is 1. The topological polar surface area (TPSA) is 27.7 Å². The largest absolute Gasteiger partial charge is 0.383 e. The molecule has 1 heterocycles. The van der Waals surface area contributed by atoms with Crippen LogP contribution in [0.4, 0.5) is 0 Å². The predicted octanol–water partition coefficient (Wildman–Crippen LogP) is 0.639. The van der Waals surface area contributed by atoms with Gasteiger partial charge in [-0.25, -0.2) is 0 Å². The lowest BCUT2D eigenvalue weighted by Gasteiger charge is -2.20. The van der Waals surface area contributed by atoms with Gasteiger partial charge in [0, 0.05) is 32.8 Å². The van der Waals surface area contributed by atoms with E-state index in [9.17, 15) is 0 Å². The van der Waals surface area contributed by atoms with Gasteiger partial charge in [0.1, 0.15) is 0 Å². The number of hydrogen-bond donors (Lipinski definition) is 1. The van der Waals surface area contributed by atoms with Crippen molar-refractivity contribution in [3.8, 4) is 0 Å². The van der Waals surface area contributed by atoms with E-state index < -0.39 is 0 Å². The highest BCUT2D eigenvalue weighted by Crippen LogP contribution is 2.09. The maximum atomic E-state index is 5.07. The molecule has 1 rings (SSSR count). The first-order valence-electron chi connectivity index (χ1n) is 6.81. The Bertz CT molecular complexity index is 190. The van der Waals surface area contributed by atoms with Crippen molar-refractivity contribution in [1.29, 1.82) is 0 Å². The van der Waals surface area contributed by atoms with Gasteiger partial charge in [-0.15, -0.1) is 0 Å². The first-order chi connectivity index (χ1) is 8.22. The van der Waals surface area contributed by atoms with Gasteiger partial charge in [-0.1, -0.05) is 0 Å². The smallest absolute Gasteiger partial charge is 0.0589 e. The molecular weight excluding hydrogens is 214 g/mol. The highest BCUT2D eigenvalue weighted by Gasteiger charge is 2.13. The van der Waals surface area contributed by atoms with Gasteiger partial charge >= 0.3 is 0 Å². The molecular formula is C13H29N3O. The minimum absolute atomic E-state index is 0.718. The summed E-state index contributed by atoms with van der Waals surface area (Å²) in [5, 5.41) is 3.68. The lowest BCUT2D eigenvalue weighted by atomic mass is 10.1. The molecule has 0 aromatic heterocycles. The summed E-state index contributed by atoms with van der Waals surface area (Å²) in [7, 11) is 6.14. The Balaban J connectivity index is 2.05. The van der Waals surface area contributed by atoms with Crippen molar-refractivity contribution < 1.29 is 4.74 Å². The van der Waals surface area contributed by atoms with Crippen LogP contribution >= 0.6 is 0 Å². The number of nitrogens with zero attached hydrogens (tertiary/aromatic N) is 2. The van der Waals surface area contributed by atoms with E-state index in [1.54, 1.807) is 7.11 Å². The molecule has 0 aromatic rings. The lowest BCUT2D eigenvalue weighted by Crippen LogP contribution is -2.37. The maximum Gasteiger partial charge on any atom is 0.0589 e. The SMILES string of the molecule is COCCN(C)CCNC1CCCN(C)CC1. The van der Waals surface area contributed by atoms with Crippen LogP contribution in [0.15, 0.2) is 0 Å². The first kappa shape index (κ1) is 14.9. The first-order valence-corrected chi connectivity index (χ1v) is 6.81. The average molecular weight is 243 g/mol. The van der Waals surface area contributed by atoms with Crippen LogP contribution in [0.3, 0.4) is 0 Å². The molecule has 102 valence electrons. The number of ether oxygens (including phenoxy) is 1. The van der Waals surface area contributed by atoms with Crippen molar-refractivity contribution in [1.82, 2.24) is 15.1 Å². The molecule has 1 aliphatic rings. The fourth-order valence-electron chi connectivity index (χ4n) is 2.26. The quantitative estimate of drug-likeness (QED) is 0.710. The van der Waals surface area contributed by atoms with Crippen molar-refractivity contribution in [3.05, 3.63) is 0 Å². The minimum Gasteiger partial charge on any atom is -0.383 e. The van der Waals surface area contributed by atoms with Crippen LogP contribution in [-0.2, 0) is 4.74 Å². The third-order valence-electron chi connectivity index (χ3n) is 3.56. The molecule has 1 fully saturated rings. The molecule has 17 heavy (non-hydrogen) atoms. The molecule has 0 spiro atoms. The summed E-state index contributed by atoms with van der Waals surface area (Å²) in [6.07, 6.45) is 3.94. The third kappa shape index (κ3) is 6.99. The molecule has 1 atom stereocenters. The van der Waals surface area contributed by atoms with Crippen LogP contribution < -0.4 is 5.32 Å². The van der Waals surface area contributed by atoms with E-state index in [1.165, 1.54) is 32.4 Å². The van der Waals surface area contributed by atoms with Crippen LogP contribution in [0, 0.1) is 0 Å². The number of nitrogens with one attached hydrogen (secondary N) is 1. The van der Waals surface area contributed by atoms with E-state index >= 15 is 0 Å². The Kier molecular flexibility index (Phi) is 7.77. The van der Waals surface area contributed by atoms with Gasteiger partial charge in [0.15, 0.2) is 0 Å². The second-order valence-electron chi connectivity index (χ2n) is 5.18. The normalized spacial score (nSPS) is 22.9. The molecule has 0 aliphatic carbocycles. The van der Waals surface area contributed by atoms with E-state index in [1.807, 2.05) is 0 Å². The highest BCUT2D eigenvalue weighted by molar-refractivity contribution is 4.73. The summed E-state index contributed by atoms with van der Waals surface area (Å²) in [5.74, 6) is 0. The molecule has 1 aliphatic heterocycles. The van der Waals surface area contributed by atoms with Gasteiger partial charge in [0.2, 0.25) is 0 Å². The van der Waals surface area contributed by atoms with Crippen LogP contribution in [0.5, 0.6) is 0 Å². The van der Waals surface area contributed by atoms with Crippen molar-refractivity contribution in [2.75, 3.05) is 60.5 Å². The standard InChI is InChI=1S/C13H29N3O/c1-15-8-4-5-13(6-9-15)14-7-10-16(2)11-12-17-3/h13-14H,4-12H2,1-3H3. The minimum atomic E-state index is 0.718. The summed E-state index contributed by atoms with van der Waals surface area (Å²) < 4.78 is 5.07. The Morgan fingerprint density at radius 1 is 1.29 bits per heavy atom. The molecule has 0 amide bonds. The van der Waals surface area contributed by atoms with Crippen molar-refractivity contribution >= 4 is 0 Å². The Morgan fingerprint density at radius 3 is 2.88 bits per heavy atom. The molecule has 4 nitrogen and oxygen atoms in total. The number of hydrogen-bond acceptors (Lipinski definition) is 4. The monoisotopic (exact) mass is 243 g/mol. The van der Waals surface area contributed by atoms with Crippen LogP contribution in [0.25, 0.3) is 0 Å². The summed E-state index contributed by atoms with van der Waals surface area (Å²) in [5.41, 5.74) is 0. The fraction of sp³-hybridized carbons (Fsp3) is 1.00. The van der Waals surface area contributed by atoms with E-state index in [2.05, 4.69) is 29.2 Å². The molecule has 1 unspecified atom stereocenters. The second kappa shape index (κ2) is 8.86. The van der Waals surface area contributed by atoms with Gasteiger partial charge in [-0.2, -0.15) is 0 Å². The van der Waals surface area contributed by atoms with E-state index in [-0.39, 0.29) is 0 Å². The van der Waals surface area contributed by atoms with Crippen molar-refractivity contribution in [2.24, 2.45) is 0 Å². The van der Waals surface area contributed by atoms with Gasteiger partial charge in [0.05, 0.1) is 6.61 Å².